The molecule has 0 fully saturated rings. The molecular formula is C42H95I2N3O. The van der Waals surface area contributed by atoms with Crippen LogP contribution in [0.2, 0.25) is 0 Å². The number of aliphatic hydroxyl groups is 1. The maximum atomic E-state index is 9.33. The highest BCUT2D eigenvalue weighted by atomic mass is 127. The number of nitrogens with one attached hydrogen (secondary N) is 1. The topological polar surface area (TPSA) is 84.3 Å². The van der Waals surface area contributed by atoms with Crippen molar-refractivity contribution >= 4 is 45.2 Å². The van der Waals surface area contributed by atoms with Crippen LogP contribution in [0.3, 0.4) is 0 Å². The van der Waals surface area contributed by atoms with E-state index in [1.807, 2.05) is 20.9 Å². The molecule has 48 heavy (non-hydrogen) atoms. The van der Waals surface area contributed by atoms with Gasteiger partial charge in [0.25, 0.3) is 0 Å². The van der Waals surface area contributed by atoms with E-state index in [1.54, 1.807) is 0 Å². The van der Waals surface area contributed by atoms with E-state index in [0.29, 0.717) is 6.54 Å². The quantitative estimate of drug-likeness (QED) is 0.0756. The molecule has 6 N–H and O–H groups in total. The van der Waals surface area contributed by atoms with Gasteiger partial charge in [0.1, 0.15) is 0 Å². The van der Waals surface area contributed by atoms with E-state index < -0.39 is 0 Å². The Hall–Kier alpha value is 0.260. The lowest BCUT2D eigenvalue weighted by Crippen LogP contribution is -2.12. The lowest BCUT2D eigenvalue weighted by molar-refractivity contribution is 0.153. The largest absolute Gasteiger partial charge is 0.393 e. The number of benzene rings is 1. The van der Waals surface area contributed by atoms with Gasteiger partial charge in [-0.15, -0.1) is 13.2 Å². The van der Waals surface area contributed by atoms with E-state index in [-0.39, 0.29) is 21.0 Å². The summed E-state index contributed by atoms with van der Waals surface area (Å²) in [7, 11) is 2.00. The van der Waals surface area contributed by atoms with Gasteiger partial charge >= 0.3 is 0 Å². The van der Waals surface area contributed by atoms with Crippen molar-refractivity contribution in [3.05, 3.63) is 43.6 Å². The first kappa shape index (κ1) is 69.9. The zero-order valence-corrected chi connectivity index (χ0v) is 37.8. The Balaban J connectivity index is -0.0000000556. The molecule has 0 heterocycles. The fourth-order valence-corrected chi connectivity index (χ4v) is 4.88. The zero-order valence-electron chi connectivity index (χ0n) is 33.4. The molecular weight excluding hydrogens is 816 g/mol. The molecule has 0 aromatic heterocycles. The highest BCUT2D eigenvalue weighted by molar-refractivity contribution is 14.1. The third kappa shape index (κ3) is 76.2. The van der Waals surface area contributed by atoms with Crippen LogP contribution >= 0.6 is 45.2 Å². The van der Waals surface area contributed by atoms with Gasteiger partial charge in [0, 0.05) is 7.14 Å². The predicted octanol–water partition coefficient (Wildman–Crippen LogP) is 14.3. The summed E-state index contributed by atoms with van der Waals surface area (Å²) in [6.45, 7) is 32.2. The molecule has 1 rings (SSSR count). The Morgan fingerprint density at radius 1 is 0.667 bits per heavy atom. The zero-order chi connectivity index (χ0) is 37.4. The second-order valence-electron chi connectivity index (χ2n) is 10.6. The lowest BCUT2D eigenvalue weighted by atomic mass is 10.1. The smallest absolute Gasteiger partial charge is 0.0552 e. The first-order valence-corrected chi connectivity index (χ1v) is 20.9. The summed E-state index contributed by atoms with van der Waals surface area (Å²) in [6.07, 6.45) is 19.3. The SMILES string of the molecule is C.C.C=C.CC.CCC.CCCC.CCCCCCC[C@@H](O)CCN.CCCCCNC.CCCCN.CCc1cc(I)c(C)c(I)c1. The number of nitrogens with two attached hydrogens (primary N) is 2. The number of unbranched alkanes of at least 4 members (excludes halogenated alkanes) is 8. The maximum absolute atomic E-state index is 9.33. The van der Waals surface area contributed by atoms with E-state index in [1.165, 1.54) is 102 Å². The van der Waals surface area contributed by atoms with Crippen LogP contribution in [0.15, 0.2) is 25.3 Å². The molecule has 1 aromatic rings. The highest BCUT2D eigenvalue weighted by Crippen LogP contribution is 2.20. The number of hydrogen-bond donors (Lipinski definition) is 4. The van der Waals surface area contributed by atoms with Gasteiger partial charge in [0.15, 0.2) is 0 Å². The van der Waals surface area contributed by atoms with Crippen molar-refractivity contribution < 1.29 is 5.11 Å². The predicted molar refractivity (Wildman–Crippen MR) is 249 cm³/mol. The van der Waals surface area contributed by atoms with Crippen LogP contribution in [0.25, 0.3) is 0 Å². The van der Waals surface area contributed by atoms with Crippen LogP contribution in [-0.4, -0.2) is 37.9 Å². The molecule has 298 valence electrons. The van der Waals surface area contributed by atoms with Crippen LogP contribution in [0.4, 0.5) is 0 Å². The van der Waals surface area contributed by atoms with E-state index in [9.17, 15) is 5.11 Å². The average molecular weight is 912 g/mol. The van der Waals surface area contributed by atoms with Gasteiger partial charge in [-0.1, -0.05) is 155 Å². The summed E-state index contributed by atoms with van der Waals surface area (Å²) in [5.74, 6) is 0. The highest BCUT2D eigenvalue weighted by Gasteiger charge is 2.01. The second kappa shape index (κ2) is 72.8. The normalized spacial score (nSPS) is 9.10. The first-order valence-electron chi connectivity index (χ1n) is 18.8. The molecule has 0 saturated carbocycles. The molecule has 0 radical (unpaired) electrons. The van der Waals surface area contributed by atoms with Crippen molar-refractivity contribution in [1.29, 1.82) is 0 Å². The van der Waals surface area contributed by atoms with Crippen LogP contribution in [0, 0.1) is 14.1 Å². The minimum atomic E-state index is -0.156. The van der Waals surface area contributed by atoms with E-state index in [4.69, 9.17) is 11.5 Å². The molecule has 0 spiro atoms. The van der Waals surface area contributed by atoms with Crippen LogP contribution in [-0.2, 0) is 6.42 Å². The van der Waals surface area contributed by atoms with Crippen molar-refractivity contribution in [3.8, 4) is 0 Å². The third-order valence-electron chi connectivity index (χ3n) is 5.98. The van der Waals surface area contributed by atoms with Crippen molar-refractivity contribution in [3.63, 3.8) is 0 Å². The van der Waals surface area contributed by atoms with Gasteiger partial charge in [-0.2, -0.15) is 0 Å². The first-order chi connectivity index (χ1) is 22.1. The number of rotatable bonds is 16. The standard InChI is InChI=1S/C10H23NO.C9H10I2.C6H15N.C4H11N.C4H10.C3H8.C2H6.C2H4.2CH4/c1-2-3-4-5-6-7-10(12)8-9-11;1-3-7-4-8(10)6(2)9(11)5-7;1-3-4-5-6-7-2;1-2-3-4-5;1-3-4-2;1-3-2;2*1-2;;/h10,12H,2-9,11H2,1H3;4-5H,3H2,1-2H3;7H,3-6H2,1-2H3;2-5H2,1H3;3-4H2,1-2H3;3H2,1-2H3;1-2H3;1-2H2;2*1H4/t10-;;;;;;;;;/m1........./s1. The van der Waals surface area contributed by atoms with Gasteiger partial charge in [-0.25, -0.2) is 0 Å². The molecule has 0 aliphatic heterocycles. The third-order valence-corrected chi connectivity index (χ3v) is 8.22. The molecule has 0 bridgehead atoms. The number of aliphatic hydroxyl groups excluding tert-OH is 1. The maximum Gasteiger partial charge on any atom is 0.0552 e. The molecule has 1 aromatic carbocycles. The van der Waals surface area contributed by atoms with Gasteiger partial charge < -0.3 is 21.9 Å². The molecule has 0 amide bonds. The van der Waals surface area contributed by atoms with Crippen LogP contribution in [0.5, 0.6) is 0 Å². The van der Waals surface area contributed by atoms with Gasteiger partial charge in [0.2, 0.25) is 0 Å². The van der Waals surface area contributed by atoms with Gasteiger partial charge in [0.05, 0.1) is 6.10 Å². The van der Waals surface area contributed by atoms with E-state index in [0.717, 1.165) is 32.2 Å². The van der Waals surface area contributed by atoms with Crippen molar-refractivity contribution in [2.45, 2.75) is 200 Å². The van der Waals surface area contributed by atoms with Crippen molar-refractivity contribution in [2.24, 2.45) is 11.5 Å². The Morgan fingerprint density at radius 2 is 1.06 bits per heavy atom. The van der Waals surface area contributed by atoms with Crippen LogP contribution < -0.4 is 16.8 Å². The summed E-state index contributed by atoms with van der Waals surface area (Å²) in [5.41, 5.74) is 13.3. The summed E-state index contributed by atoms with van der Waals surface area (Å²) < 4.78 is 2.76. The van der Waals surface area contributed by atoms with Crippen molar-refractivity contribution in [1.82, 2.24) is 5.32 Å². The Morgan fingerprint density at radius 3 is 1.35 bits per heavy atom. The van der Waals surface area contributed by atoms with E-state index in [2.05, 4.69) is 138 Å². The number of hydrogen-bond acceptors (Lipinski definition) is 4. The summed E-state index contributed by atoms with van der Waals surface area (Å²) >= 11 is 4.79. The average Bonchev–Trinajstić information content (AvgIpc) is 3.07. The van der Waals surface area contributed by atoms with Crippen molar-refractivity contribution in [2.75, 3.05) is 26.7 Å². The molecule has 0 aliphatic carbocycles. The Labute approximate surface area is 334 Å². The summed E-state index contributed by atoms with van der Waals surface area (Å²) in [4.78, 5) is 0. The molecule has 0 saturated heterocycles. The van der Waals surface area contributed by atoms with Gasteiger partial charge in [-0.3, -0.25) is 0 Å². The van der Waals surface area contributed by atoms with E-state index >= 15 is 0 Å². The molecule has 4 nitrogen and oxygen atoms in total. The minimum absolute atomic E-state index is 0. The summed E-state index contributed by atoms with van der Waals surface area (Å²) in [5, 5.41) is 12.4. The lowest BCUT2D eigenvalue weighted by Gasteiger charge is -2.07. The fourth-order valence-electron chi connectivity index (χ4n) is 2.98. The minimum Gasteiger partial charge on any atom is -0.393 e. The molecule has 1 atom stereocenters. The second-order valence-corrected chi connectivity index (χ2v) is 13.0. The van der Waals surface area contributed by atoms with Gasteiger partial charge in [-0.05, 0) is 134 Å². The fraction of sp³-hybridized carbons (Fsp3) is 0.810. The molecule has 0 aliphatic rings. The van der Waals surface area contributed by atoms with Crippen LogP contribution in [0.1, 0.15) is 192 Å². The Kier molecular flexibility index (Phi) is 106. The molecule has 6 heteroatoms. The number of aryl methyl sites for hydroxylation is 1. The Bertz CT molecular complexity index is 573. The summed E-state index contributed by atoms with van der Waals surface area (Å²) in [6, 6.07) is 4.52. The number of halogens is 2. The monoisotopic (exact) mass is 912 g/mol. The molecule has 0 unspecified atom stereocenters.